The van der Waals surface area contributed by atoms with Gasteiger partial charge in [0.2, 0.25) is 5.91 Å². The summed E-state index contributed by atoms with van der Waals surface area (Å²) in [5, 5.41) is 2.02. The number of hydrogen-bond acceptors (Lipinski definition) is 2. The van der Waals surface area contributed by atoms with Gasteiger partial charge >= 0.3 is 0 Å². The van der Waals surface area contributed by atoms with Crippen LogP contribution in [-0.2, 0) is 4.79 Å². The molecule has 2 N–H and O–H groups in total. The van der Waals surface area contributed by atoms with E-state index in [-0.39, 0.29) is 17.1 Å². The van der Waals surface area contributed by atoms with Gasteiger partial charge in [-0.2, -0.15) is 0 Å². The van der Waals surface area contributed by atoms with Crippen LogP contribution in [0, 0.1) is 5.82 Å². The lowest BCUT2D eigenvalue weighted by Crippen LogP contribution is -2.89. The van der Waals surface area contributed by atoms with E-state index in [9.17, 15) is 9.18 Å². The molecule has 0 bridgehead atoms. The number of quaternary nitrogens is 1. The Kier molecular flexibility index (Phi) is 4.82. The Morgan fingerprint density at radius 2 is 2.21 bits per heavy atom. The number of carbonyl (C=O) groups is 1. The van der Waals surface area contributed by atoms with Crippen molar-refractivity contribution in [2.24, 2.45) is 0 Å². The molecule has 1 aromatic rings. The van der Waals surface area contributed by atoms with Gasteiger partial charge in [-0.1, -0.05) is 18.2 Å². The summed E-state index contributed by atoms with van der Waals surface area (Å²) in [4.78, 5) is 13.7. The SMILES string of the molecule is CC(C)[NH2+]CCN1C(=O)CS[C@H]1c1ccccc1F. The van der Waals surface area contributed by atoms with Crippen LogP contribution in [0.3, 0.4) is 0 Å². The zero-order valence-corrected chi connectivity index (χ0v) is 12.1. The zero-order chi connectivity index (χ0) is 13.8. The lowest BCUT2D eigenvalue weighted by Gasteiger charge is -2.24. The number of benzene rings is 1. The highest BCUT2D eigenvalue weighted by molar-refractivity contribution is 8.00. The van der Waals surface area contributed by atoms with Crippen molar-refractivity contribution in [3.05, 3.63) is 35.6 Å². The maximum Gasteiger partial charge on any atom is 0.234 e. The van der Waals surface area contributed by atoms with Gasteiger partial charge in [0.1, 0.15) is 11.2 Å². The highest BCUT2D eigenvalue weighted by atomic mass is 32.2. The van der Waals surface area contributed by atoms with Crippen LogP contribution < -0.4 is 5.32 Å². The predicted octanol–water partition coefficient (Wildman–Crippen LogP) is 1.37. The van der Waals surface area contributed by atoms with Crippen molar-refractivity contribution in [3.63, 3.8) is 0 Å². The minimum Gasteiger partial charge on any atom is -0.343 e. The summed E-state index contributed by atoms with van der Waals surface area (Å²) in [5.41, 5.74) is 0.614. The summed E-state index contributed by atoms with van der Waals surface area (Å²) < 4.78 is 13.8. The first kappa shape index (κ1) is 14.3. The van der Waals surface area contributed by atoms with Crippen molar-refractivity contribution in [2.75, 3.05) is 18.8 Å². The molecule has 0 spiro atoms. The summed E-state index contributed by atoms with van der Waals surface area (Å²) in [6.07, 6.45) is 0. The lowest BCUT2D eigenvalue weighted by molar-refractivity contribution is -0.682. The number of nitrogens with two attached hydrogens (primary N) is 1. The molecule has 1 amide bonds. The molecule has 0 radical (unpaired) electrons. The van der Waals surface area contributed by atoms with Crippen LogP contribution in [0.2, 0.25) is 0 Å². The second-order valence-corrected chi connectivity index (χ2v) is 6.11. The maximum atomic E-state index is 13.8. The van der Waals surface area contributed by atoms with Crippen molar-refractivity contribution in [2.45, 2.75) is 25.3 Å². The van der Waals surface area contributed by atoms with E-state index in [0.717, 1.165) is 6.54 Å². The molecule has 3 nitrogen and oxygen atoms in total. The molecule has 1 aliphatic heterocycles. The van der Waals surface area contributed by atoms with Gasteiger partial charge in [-0.25, -0.2) is 4.39 Å². The monoisotopic (exact) mass is 283 g/mol. The van der Waals surface area contributed by atoms with Crippen LogP contribution in [0.25, 0.3) is 0 Å². The smallest absolute Gasteiger partial charge is 0.234 e. The fraction of sp³-hybridized carbons (Fsp3) is 0.500. The Labute approximate surface area is 117 Å². The third-order valence-corrected chi connectivity index (χ3v) is 4.39. The molecule has 1 fully saturated rings. The van der Waals surface area contributed by atoms with Gasteiger partial charge in [-0.05, 0) is 19.9 Å². The molecule has 0 saturated carbocycles. The Morgan fingerprint density at radius 1 is 1.47 bits per heavy atom. The first-order valence-electron chi connectivity index (χ1n) is 6.58. The van der Waals surface area contributed by atoms with Gasteiger partial charge in [0.05, 0.1) is 24.9 Å². The Balaban J connectivity index is 2.07. The van der Waals surface area contributed by atoms with Gasteiger partial charge in [0.15, 0.2) is 0 Å². The van der Waals surface area contributed by atoms with E-state index in [1.54, 1.807) is 17.0 Å². The van der Waals surface area contributed by atoms with Crippen LogP contribution in [0.15, 0.2) is 24.3 Å². The molecule has 104 valence electrons. The molecule has 1 aliphatic rings. The summed E-state index contributed by atoms with van der Waals surface area (Å²) in [6, 6.07) is 7.23. The molecule has 0 unspecified atom stereocenters. The van der Waals surface area contributed by atoms with Gasteiger partial charge in [-0.15, -0.1) is 11.8 Å². The molecule has 0 aromatic heterocycles. The Morgan fingerprint density at radius 3 is 2.89 bits per heavy atom. The van der Waals surface area contributed by atoms with E-state index >= 15 is 0 Å². The van der Waals surface area contributed by atoms with E-state index in [0.29, 0.717) is 23.9 Å². The fourth-order valence-electron chi connectivity index (χ4n) is 2.18. The first-order valence-corrected chi connectivity index (χ1v) is 7.63. The van der Waals surface area contributed by atoms with Crippen LogP contribution in [0.1, 0.15) is 24.8 Å². The third kappa shape index (κ3) is 3.48. The summed E-state index contributed by atoms with van der Waals surface area (Å²) >= 11 is 1.51. The number of thioether (sulfide) groups is 1. The number of hydrogen-bond donors (Lipinski definition) is 1. The van der Waals surface area contributed by atoms with Crippen LogP contribution >= 0.6 is 11.8 Å². The van der Waals surface area contributed by atoms with Gasteiger partial charge < -0.3 is 10.2 Å². The van der Waals surface area contributed by atoms with Crippen LogP contribution in [0.5, 0.6) is 0 Å². The molecule has 19 heavy (non-hydrogen) atoms. The summed E-state index contributed by atoms with van der Waals surface area (Å²) in [7, 11) is 0. The lowest BCUT2D eigenvalue weighted by atomic mass is 10.2. The molecule has 1 aromatic carbocycles. The molecule has 1 saturated heterocycles. The normalized spacial score (nSPS) is 19.5. The molecule has 5 heteroatoms. The summed E-state index contributed by atoms with van der Waals surface area (Å²) in [5.74, 6) is 0.323. The van der Waals surface area contributed by atoms with Gasteiger partial charge in [0, 0.05) is 5.56 Å². The Bertz CT molecular complexity index is 453. The van der Waals surface area contributed by atoms with Crippen LogP contribution in [0.4, 0.5) is 4.39 Å². The molecule has 0 aliphatic carbocycles. The van der Waals surface area contributed by atoms with E-state index in [4.69, 9.17) is 0 Å². The van der Waals surface area contributed by atoms with E-state index in [1.807, 2.05) is 6.07 Å². The van der Waals surface area contributed by atoms with Gasteiger partial charge in [-0.3, -0.25) is 4.79 Å². The maximum absolute atomic E-state index is 13.8. The average molecular weight is 283 g/mol. The van der Waals surface area contributed by atoms with E-state index < -0.39 is 0 Å². The second-order valence-electron chi connectivity index (χ2n) is 5.04. The van der Waals surface area contributed by atoms with Crippen molar-refractivity contribution in [1.29, 1.82) is 0 Å². The highest BCUT2D eigenvalue weighted by Gasteiger charge is 2.34. The predicted molar refractivity (Wildman–Crippen MR) is 75.2 cm³/mol. The zero-order valence-electron chi connectivity index (χ0n) is 11.3. The molecule has 1 atom stereocenters. The van der Waals surface area contributed by atoms with Crippen LogP contribution in [-0.4, -0.2) is 35.7 Å². The Hall–Kier alpha value is -1.07. The number of amides is 1. The largest absolute Gasteiger partial charge is 0.343 e. The molecular weight excluding hydrogens is 263 g/mol. The first-order chi connectivity index (χ1) is 9.09. The fourth-order valence-corrected chi connectivity index (χ4v) is 3.42. The standard InChI is InChI=1S/C14H19FN2OS/c1-10(2)16-7-8-17-13(18)9-19-14(17)11-5-3-4-6-12(11)15/h3-6,10,14,16H,7-9H2,1-2H3/p+1/t14-/m0/s1. The summed E-state index contributed by atoms with van der Waals surface area (Å²) in [6.45, 7) is 5.77. The molecular formula is C14H20FN2OS+. The van der Waals surface area contributed by atoms with Crippen molar-refractivity contribution in [1.82, 2.24) is 4.90 Å². The third-order valence-electron chi connectivity index (χ3n) is 3.15. The topological polar surface area (TPSA) is 36.9 Å². The quantitative estimate of drug-likeness (QED) is 0.886. The molecule has 1 heterocycles. The highest BCUT2D eigenvalue weighted by Crippen LogP contribution is 2.39. The van der Waals surface area contributed by atoms with Gasteiger partial charge in [0.25, 0.3) is 0 Å². The minimum atomic E-state index is -0.229. The average Bonchev–Trinajstić information content (AvgIpc) is 2.72. The number of halogens is 1. The second kappa shape index (κ2) is 6.39. The number of carbonyl (C=O) groups excluding carboxylic acids is 1. The minimum absolute atomic E-state index is 0.107. The van der Waals surface area contributed by atoms with Crippen molar-refractivity contribution >= 4 is 17.7 Å². The van der Waals surface area contributed by atoms with E-state index in [2.05, 4.69) is 19.2 Å². The van der Waals surface area contributed by atoms with Crippen molar-refractivity contribution < 1.29 is 14.5 Å². The number of nitrogens with zero attached hydrogens (tertiary/aromatic N) is 1. The van der Waals surface area contributed by atoms with Crippen molar-refractivity contribution in [3.8, 4) is 0 Å². The number of rotatable bonds is 5. The molecule has 2 rings (SSSR count). The van der Waals surface area contributed by atoms with E-state index in [1.165, 1.54) is 17.8 Å².